The van der Waals surface area contributed by atoms with E-state index in [0.717, 1.165) is 12.1 Å². The third-order valence-corrected chi connectivity index (χ3v) is 5.38. The van der Waals surface area contributed by atoms with Gasteiger partial charge in [0.25, 0.3) is 11.7 Å². The fourth-order valence-electron chi connectivity index (χ4n) is 3.82. The number of ether oxygens (including phenoxy) is 1. The Balaban J connectivity index is 2.02. The number of nitrogens with zero attached hydrogens (tertiary/aromatic N) is 1. The number of hydrogen-bond acceptors (Lipinski definition) is 5. The van der Waals surface area contributed by atoms with Crippen molar-refractivity contribution in [1.29, 1.82) is 0 Å². The van der Waals surface area contributed by atoms with Crippen molar-refractivity contribution < 1.29 is 33.7 Å². The number of aliphatic hydroxyl groups is 1. The molecule has 8 heteroatoms. The predicted octanol–water partition coefficient (Wildman–Crippen LogP) is 3.90. The molecule has 2 N–H and O–H groups in total. The average molecular weight is 441 g/mol. The molecule has 0 bridgehead atoms. The van der Waals surface area contributed by atoms with Crippen molar-refractivity contribution in [2.45, 2.75) is 31.7 Å². The molecule has 0 aromatic heterocycles. The van der Waals surface area contributed by atoms with Gasteiger partial charge in [-0.25, -0.2) is 4.39 Å². The summed E-state index contributed by atoms with van der Waals surface area (Å²) < 4.78 is 18.8. The second-order valence-corrected chi connectivity index (χ2v) is 7.45. The van der Waals surface area contributed by atoms with E-state index in [1.54, 1.807) is 24.3 Å². The molecule has 0 saturated carbocycles. The van der Waals surface area contributed by atoms with E-state index in [4.69, 9.17) is 9.84 Å². The molecule has 0 aliphatic carbocycles. The molecule has 7 nitrogen and oxygen atoms in total. The van der Waals surface area contributed by atoms with Gasteiger partial charge < -0.3 is 19.8 Å². The number of aliphatic carboxylic acids is 1. The molecule has 32 heavy (non-hydrogen) atoms. The molecule has 1 aliphatic rings. The van der Waals surface area contributed by atoms with Gasteiger partial charge in [-0.05, 0) is 43.2 Å². The quantitative estimate of drug-likeness (QED) is 0.265. The Bertz CT molecular complexity index is 1050. The van der Waals surface area contributed by atoms with Gasteiger partial charge in [-0.15, -0.1) is 0 Å². The largest absolute Gasteiger partial charge is 0.507 e. The minimum atomic E-state index is -0.893. The summed E-state index contributed by atoms with van der Waals surface area (Å²) in [6.45, 7) is 0.201. The van der Waals surface area contributed by atoms with Crippen molar-refractivity contribution in [2.75, 3.05) is 13.7 Å². The lowest BCUT2D eigenvalue weighted by atomic mass is 9.94. The number of aliphatic hydroxyl groups excluding tert-OH is 1. The van der Waals surface area contributed by atoms with E-state index in [1.165, 1.54) is 24.1 Å². The lowest BCUT2D eigenvalue weighted by Gasteiger charge is -2.26. The number of carboxylic acids is 1. The first-order valence-corrected chi connectivity index (χ1v) is 10.2. The van der Waals surface area contributed by atoms with Gasteiger partial charge in [0.05, 0.1) is 18.7 Å². The fourth-order valence-corrected chi connectivity index (χ4v) is 3.82. The van der Waals surface area contributed by atoms with Gasteiger partial charge in [-0.2, -0.15) is 0 Å². The number of likely N-dealkylation sites (tertiary alicyclic amines) is 1. The van der Waals surface area contributed by atoms with Gasteiger partial charge in [0.2, 0.25) is 0 Å². The number of halogens is 1. The Morgan fingerprint density at radius 1 is 1.03 bits per heavy atom. The van der Waals surface area contributed by atoms with E-state index >= 15 is 0 Å². The monoisotopic (exact) mass is 441 g/mol. The number of hydrogen-bond donors (Lipinski definition) is 2. The summed E-state index contributed by atoms with van der Waals surface area (Å²) in [6, 6.07) is 11.0. The van der Waals surface area contributed by atoms with Crippen LogP contribution in [0.15, 0.2) is 54.1 Å². The highest BCUT2D eigenvalue weighted by Crippen LogP contribution is 2.42. The number of carboxylic acid groups (broad SMARTS) is 1. The highest BCUT2D eigenvalue weighted by atomic mass is 19.1. The number of unbranched alkanes of at least 4 members (excludes halogenated alkanes) is 2. The molecule has 1 atom stereocenters. The van der Waals surface area contributed by atoms with Crippen LogP contribution in [0.4, 0.5) is 4.39 Å². The van der Waals surface area contributed by atoms with Gasteiger partial charge in [0.15, 0.2) is 0 Å². The molecule has 1 heterocycles. The lowest BCUT2D eigenvalue weighted by Crippen LogP contribution is -2.31. The molecule has 168 valence electrons. The first kappa shape index (κ1) is 23.0. The standard InChI is InChI=1S/C24H24FNO6/c1-32-18-8-5-4-7-17(18)21-20(22(29)15-10-12-16(25)13-11-15)23(30)24(31)26(21)14-6-2-3-9-19(27)28/h4-5,7-8,10-13,21,29H,2-3,6,9,14H2,1H3,(H,27,28)/t21-/m0/s1. The first-order valence-electron chi connectivity index (χ1n) is 10.2. The van der Waals surface area contributed by atoms with Crippen LogP contribution >= 0.6 is 0 Å². The zero-order valence-corrected chi connectivity index (χ0v) is 17.6. The van der Waals surface area contributed by atoms with E-state index in [0.29, 0.717) is 30.6 Å². The molecule has 2 aromatic rings. The number of methoxy groups -OCH3 is 1. The number of carbonyl (C=O) groups is 3. The van der Waals surface area contributed by atoms with Crippen molar-refractivity contribution in [3.05, 3.63) is 71.0 Å². The van der Waals surface area contributed by atoms with E-state index < -0.39 is 35.3 Å². The summed E-state index contributed by atoms with van der Waals surface area (Å²) in [5.74, 6) is -2.94. The van der Waals surface area contributed by atoms with Gasteiger partial charge in [-0.1, -0.05) is 24.6 Å². The molecular weight excluding hydrogens is 417 g/mol. The lowest BCUT2D eigenvalue weighted by molar-refractivity contribution is -0.140. The number of Topliss-reactive ketones (excluding diaryl/α,β-unsaturated/α-hetero) is 1. The van der Waals surface area contributed by atoms with Gasteiger partial charge >= 0.3 is 5.97 Å². The predicted molar refractivity (Wildman–Crippen MR) is 115 cm³/mol. The van der Waals surface area contributed by atoms with Crippen LogP contribution in [0.5, 0.6) is 5.75 Å². The van der Waals surface area contributed by atoms with Crippen LogP contribution in [-0.4, -0.2) is 46.4 Å². The average Bonchev–Trinajstić information content (AvgIpc) is 3.03. The fraction of sp³-hybridized carbons (Fsp3) is 0.292. The molecule has 0 radical (unpaired) electrons. The second-order valence-electron chi connectivity index (χ2n) is 7.45. The normalized spacial score (nSPS) is 17.6. The van der Waals surface area contributed by atoms with Crippen molar-refractivity contribution in [2.24, 2.45) is 0 Å². The Morgan fingerprint density at radius 3 is 2.38 bits per heavy atom. The van der Waals surface area contributed by atoms with E-state index in [-0.39, 0.29) is 24.1 Å². The molecule has 2 aromatic carbocycles. The number of benzene rings is 2. The number of para-hydroxylation sites is 1. The van der Waals surface area contributed by atoms with Crippen LogP contribution in [0.3, 0.4) is 0 Å². The zero-order chi connectivity index (χ0) is 23.3. The molecule has 1 aliphatic heterocycles. The SMILES string of the molecule is COc1ccccc1[C@H]1C(=C(O)c2ccc(F)cc2)C(=O)C(=O)N1CCCCCC(=O)O. The maximum Gasteiger partial charge on any atom is 0.303 e. The van der Waals surface area contributed by atoms with Crippen LogP contribution in [-0.2, 0) is 14.4 Å². The maximum atomic E-state index is 13.3. The number of rotatable bonds is 9. The number of amides is 1. The highest BCUT2D eigenvalue weighted by molar-refractivity contribution is 6.46. The molecular formula is C24H24FNO6. The molecule has 1 saturated heterocycles. The van der Waals surface area contributed by atoms with E-state index in [2.05, 4.69) is 0 Å². The van der Waals surface area contributed by atoms with Crippen molar-refractivity contribution in [3.8, 4) is 5.75 Å². The topological polar surface area (TPSA) is 104 Å². The number of carbonyl (C=O) groups excluding carboxylic acids is 2. The van der Waals surface area contributed by atoms with Crippen LogP contribution < -0.4 is 4.74 Å². The van der Waals surface area contributed by atoms with Crippen molar-refractivity contribution >= 4 is 23.4 Å². The third-order valence-electron chi connectivity index (χ3n) is 5.38. The molecule has 0 spiro atoms. The highest BCUT2D eigenvalue weighted by Gasteiger charge is 2.46. The van der Waals surface area contributed by atoms with Crippen molar-refractivity contribution in [1.82, 2.24) is 4.90 Å². The van der Waals surface area contributed by atoms with Crippen LogP contribution in [0.1, 0.15) is 42.9 Å². The summed E-state index contributed by atoms with van der Waals surface area (Å²) in [5.41, 5.74) is 0.644. The summed E-state index contributed by atoms with van der Waals surface area (Å²) in [4.78, 5) is 37.9. The Morgan fingerprint density at radius 2 is 1.72 bits per heavy atom. The van der Waals surface area contributed by atoms with E-state index in [1.807, 2.05) is 0 Å². The maximum absolute atomic E-state index is 13.3. The second kappa shape index (κ2) is 10.1. The first-order chi connectivity index (χ1) is 15.3. The third kappa shape index (κ3) is 4.80. The Hall–Kier alpha value is -3.68. The molecule has 3 rings (SSSR count). The smallest absolute Gasteiger partial charge is 0.303 e. The zero-order valence-electron chi connectivity index (χ0n) is 17.6. The summed E-state index contributed by atoms with van der Waals surface area (Å²) in [5, 5.41) is 19.7. The van der Waals surface area contributed by atoms with E-state index in [9.17, 15) is 23.9 Å². The van der Waals surface area contributed by atoms with Crippen LogP contribution in [0.25, 0.3) is 5.76 Å². The summed E-state index contributed by atoms with van der Waals surface area (Å²) in [6.07, 6.45) is 1.53. The number of ketones is 1. The van der Waals surface area contributed by atoms with Crippen LogP contribution in [0, 0.1) is 5.82 Å². The Kier molecular flexibility index (Phi) is 7.25. The molecule has 1 amide bonds. The van der Waals surface area contributed by atoms with Gasteiger partial charge in [0.1, 0.15) is 17.3 Å². The minimum Gasteiger partial charge on any atom is -0.507 e. The van der Waals surface area contributed by atoms with Gasteiger partial charge in [-0.3, -0.25) is 14.4 Å². The van der Waals surface area contributed by atoms with Gasteiger partial charge in [0, 0.05) is 24.1 Å². The summed E-state index contributed by atoms with van der Waals surface area (Å²) in [7, 11) is 1.47. The summed E-state index contributed by atoms with van der Waals surface area (Å²) >= 11 is 0. The molecule has 0 unspecified atom stereocenters. The Labute approximate surface area is 184 Å². The minimum absolute atomic E-state index is 0.0271. The molecule has 1 fully saturated rings. The van der Waals surface area contributed by atoms with Crippen LogP contribution in [0.2, 0.25) is 0 Å². The van der Waals surface area contributed by atoms with Crippen molar-refractivity contribution in [3.63, 3.8) is 0 Å².